The number of aromatic nitrogens is 2. The van der Waals surface area contributed by atoms with Gasteiger partial charge in [-0.05, 0) is 38.4 Å². The molecule has 21 heavy (non-hydrogen) atoms. The van der Waals surface area contributed by atoms with Crippen molar-refractivity contribution in [2.45, 2.75) is 38.3 Å². The standard InChI is InChI=1S/C16H21N3O2/c1-11(19-9-5-6-12(19)10-15(20)21)16-17-13-7-3-4-8-14(13)18(16)2/h3-4,7-8,11-12H,5-6,9-10H2,1-2H3,(H,20,21). The number of carboxylic acids is 1. The van der Waals surface area contributed by atoms with Crippen molar-refractivity contribution in [2.24, 2.45) is 7.05 Å². The van der Waals surface area contributed by atoms with Crippen molar-refractivity contribution >= 4 is 17.0 Å². The number of aryl methyl sites for hydroxylation is 1. The maximum absolute atomic E-state index is 11.0. The van der Waals surface area contributed by atoms with Gasteiger partial charge < -0.3 is 9.67 Å². The van der Waals surface area contributed by atoms with Crippen LogP contribution in [-0.4, -0.2) is 38.1 Å². The molecule has 1 saturated heterocycles. The average Bonchev–Trinajstić information content (AvgIpc) is 3.03. The molecule has 1 aliphatic rings. The Morgan fingerprint density at radius 2 is 2.24 bits per heavy atom. The second-order valence-electron chi connectivity index (χ2n) is 5.83. The van der Waals surface area contributed by atoms with Gasteiger partial charge in [0, 0.05) is 13.1 Å². The third-order valence-electron chi connectivity index (χ3n) is 4.53. The van der Waals surface area contributed by atoms with E-state index in [4.69, 9.17) is 10.1 Å². The highest BCUT2D eigenvalue weighted by atomic mass is 16.4. The lowest BCUT2D eigenvalue weighted by molar-refractivity contribution is -0.138. The Hall–Kier alpha value is -1.88. The Morgan fingerprint density at radius 3 is 2.95 bits per heavy atom. The fourth-order valence-corrected chi connectivity index (χ4v) is 3.47. The molecule has 0 bridgehead atoms. The summed E-state index contributed by atoms with van der Waals surface area (Å²) >= 11 is 0. The van der Waals surface area contributed by atoms with Crippen LogP contribution >= 0.6 is 0 Å². The number of hydrogen-bond acceptors (Lipinski definition) is 3. The van der Waals surface area contributed by atoms with Crippen LogP contribution in [0.2, 0.25) is 0 Å². The zero-order chi connectivity index (χ0) is 15.0. The van der Waals surface area contributed by atoms with Crippen LogP contribution in [0.25, 0.3) is 11.0 Å². The van der Waals surface area contributed by atoms with E-state index in [0.717, 1.165) is 36.2 Å². The van der Waals surface area contributed by atoms with E-state index in [2.05, 4.69) is 22.5 Å². The van der Waals surface area contributed by atoms with Gasteiger partial charge >= 0.3 is 5.97 Å². The van der Waals surface area contributed by atoms with Gasteiger partial charge in [0.15, 0.2) is 0 Å². The second kappa shape index (κ2) is 5.48. The van der Waals surface area contributed by atoms with Crippen molar-refractivity contribution in [2.75, 3.05) is 6.54 Å². The predicted molar refractivity (Wildman–Crippen MR) is 81.1 cm³/mol. The van der Waals surface area contributed by atoms with Gasteiger partial charge in [-0.1, -0.05) is 12.1 Å². The second-order valence-corrected chi connectivity index (χ2v) is 5.83. The van der Waals surface area contributed by atoms with Crippen molar-refractivity contribution in [3.05, 3.63) is 30.1 Å². The lowest BCUT2D eigenvalue weighted by Gasteiger charge is -2.29. The Bertz CT molecular complexity index is 665. The topological polar surface area (TPSA) is 58.4 Å². The van der Waals surface area contributed by atoms with E-state index in [0.29, 0.717) is 0 Å². The van der Waals surface area contributed by atoms with Gasteiger partial charge in [0.05, 0.1) is 23.5 Å². The van der Waals surface area contributed by atoms with E-state index in [1.54, 1.807) is 0 Å². The molecule has 2 aromatic rings. The normalized spacial score (nSPS) is 21.0. The molecule has 1 aromatic heterocycles. The average molecular weight is 287 g/mol. The highest BCUT2D eigenvalue weighted by molar-refractivity contribution is 5.75. The first-order valence-electron chi connectivity index (χ1n) is 7.47. The number of rotatable bonds is 4. The molecular weight excluding hydrogens is 266 g/mol. The monoisotopic (exact) mass is 287 g/mol. The number of fused-ring (bicyclic) bond motifs is 1. The zero-order valence-corrected chi connectivity index (χ0v) is 12.5. The number of nitrogens with zero attached hydrogens (tertiary/aromatic N) is 3. The van der Waals surface area contributed by atoms with Gasteiger partial charge in [-0.3, -0.25) is 9.69 Å². The van der Waals surface area contributed by atoms with Crippen molar-refractivity contribution in [3.63, 3.8) is 0 Å². The Labute approximate surface area is 124 Å². The molecule has 112 valence electrons. The minimum absolute atomic E-state index is 0.123. The van der Waals surface area contributed by atoms with Crippen LogP contribution in [0.1, 0.15) is 38.1 Å². The quantitative estimate of drug-likeness (QED) is 0.939. The third kappa shape index (κ3) is 2.53. The summed E-state index contributed by atoms with van der Waals surface area (Å²) in [6.07, 6.45) is 2.24. The molecule has 5 nitrogen and oxygen atoms in total. The van der Waals surface area contributed by atoms with Crippen LogP contribution in [0.4, 0.5) is 0 Å². The van der Waals surface area contributed by atoms with E-state index >= 15 is 0 Å². The maximum Gasteiger partial charge on any atom is 0.304 e. The number of para-hydroxylation sites is 2. The third-order valence-corrected chi connectivity index (χ3v) is 4.53. The van der Waals surface area contributed by atoms with E-state index in [1.165, 1.54) is 0 Å². The smallest absolute Gasteiger partial charge is 0.304 e. The first-order valence-corrected chi connectivity index (χ1v) is 7.47. The molecule has 1 aliphatic heterocycles. The van der Waals surface area contributed by atoms with Crippen LogP contribution in [-0.2, 0) is 11.8 Å². The molecule has 2 unspecified atom stereocenters. The summed E-state index contributed by atoms with van der Waals surface area (Å²) in [5.41, 5.74) is 2.11. The number of hydrogen-bond donors (Lipinski definition) is 1. The Kier molecular flexibility index (Phi) is 3.68. The highest BCUT2D eigenvalue weighted by Crippen LogP contribution is 2.31. The summed E-state index contributed by atoms with van der Waals surface area (Å²) in [5, 5.41) is 9.07. The van der Waals surface area contributed by atoms with Gasteiger partial charge in [-0.25, -0.2) is 4.98 Å². The zero-order valence-electron chi connectivity index (χ0n) is 12.5. The minimum atomic E-state index is -0.718. The number of aliphatic carboxylic acids is 1. The molecule has 0 spiro atoms. The van der Waals surface area contributed by atoms with Crippen LogP contribution in [0.5, 0.6) is 0 Å². The number of carboxylic acid groups (broad SMARTS) is 1. The summed E-state index contributed by atoms with van der Waals surface area (Å²) < 4.78 is 2.12. The van der Waals surface area contributed by atoms with E-state index in [-0.39, 0.29) is 18.5 Å². The van der Waals surface area contributed by atoms with Crippen LogP contribution in [0, 0.1) is 0 Å². The van der Waals surface area contributed by atoms with Crippen molar-refractivity contribution < 1.29 is 9.90 Å². The van der Waals surface area contributed by atoms with Crippen molar-refractivity contribution in [1.82, 2.24) is 14.5 Å². The van der Waals surface area contributed by atoms with Crippen LogP contribution < -0.4 is 0 Å². The molecule has 1 N–H and O–H groups in total. The van der Waals surface area contributed by atoms with E-state index < -0.39 is 5.97 Å². The predicted octanol–water partition coefficient (Wildman–Crippen LogP) is 2.57. The highest BCUT2D eigenvalue weighted by Gasteiger charge is 2.32. The fraction of sp³-hybridized carbons (Fsp3) is 0.500. The summed E-state index contributed by atoms with van der Waals surface area (Å²) in [4.78, 5) is 18.1. The molecule has 1 fully saturated rings. The molecular formula is C16H21N3O2. The van der Waals surface area contributed by atoms with Crippen molar-refractivity contribution in [3.8, 4) is 0 Å². The number of benzene rings is 1. The van der Waals surface area contributed by atoms with Gasteiger partial charge in [0.2, 0.25) is 0 Å². The summed E-state index contributed by atoms with van der Waals surface area (Å²) in [7, 11) is 2.03. The lowest BCUT2D eigenvalue weighted by atomic mass is 10.1. The Balaban J connectivity index is 1.90. The largest absolute Gasteiger partial charge is 0.481 e. The lowest BCUT2D eigenvalue weighted by Crippen LogP contribution is -2.34. The molecule has 5 heteroatoms. The molecule has 0 aliphatic carbocycles. The van der Waals surface area contributed by atoms with E-state index in [1.807, 2.05) is 25.2 Å². The van der Waals surface area contributed by atoms with E-state index in [9.17, 15) is 4.79 Å². The van der Waals surface area contributed by atoms with Gasteiger partial charge in [0.25, 0.3) is 0 Å². The summed E-state index contributed by atoms with van der Waals surface area (Å²) in [6, 6.07) is 8.35. The molecule has 3 rings (SSSR count). The minimum Gasteiger partial charge on any atom is -0.481 e. The molecule has 0 amide bonds. The maximum atomic E-state index is 11.0. The number of imidazole rings is 1. The summed E-state index contributed by atoms with van der Waals surface area (Å²) in [5.74, 6) is 0.289. The number of likely N-dealkylation sites (tertiary alicyclic amines) is 1. The number of carbonyl (C=O) groups is 1. The van der Waals surface area contributed by atoms with Crippen LogP contribution in [0.3, 0.4) is 0 Å². The summed E-state index contributed by atoms with van der Waals surface area (Å²) in [6.45, 7) is 3.07. The van der Waals surface area contributed by atoms with Gasteiger partial charge in [0.1, 0.15) is 5.82 Å². The fourth-order valence-electron chi connectivity index (χ4n) is 3.47. The van der Waals surface area contributed by atoms with Crippen molar-refractivity contribution in [1.29, 1.82) is 0 Å². The molecule has 2 heterocycles. The molecule has 2 atom stereocenters. The molecule has 0 radical (unpaired) electrons. The Morgan fingerprint density at radius 1 is 1.48 bits per heavy atom. The molecule has 1 aromatic carbocycles. The van der Waals surface area contributed by atoms with Crippen LogP contribution in [0.15, 0.2) is 24.3 Å². The van der Waals surface area contributed by atoms with Gasteiger partial charge in [-0.15, -0.1) is 0 Å². The van der Waals surface area contributed by atoms with Gasteiger partial charge in [-0.2, -0.15) is 0 Å². The molecule has 0 saturated carbocycles. The first kappa shape index (κ1) is 14.1. The SMILES string of the molecule is CC(c1nc2ccccc2n1C)N1CCCC1CC(=O)O. The first-order chi connectivity index (χ1) is 10.1.